The van der Waals surface area contributed by atoms with E-state index >= 15 is 0 Å². The Labute approximate surface area is 119 Å². The number of alkyl halides is 2. The van der Waals surface area contributed by atoms with Gasteiger partial charge in [-0.05, 0) is 31.7 Å². The molecule has 0 unspecified atom stereocenters. The molecule has 0 bridgehead atoms. The first-order chi connectivity index (χ1) is 9.66. The predicted octanol–water partition coefficient (Wildman–Crippen LogP) is 4.35. The number of hydrogen-bond acceptors (Lipinski definition) is 2. The van der Waals surface area contributed by atoms with Crippen molar-refractivity contribution < 1.29 is 13.5 Å². The Bertz CT molecular complexity index is 405. The summed E-state index contributed by atoms with van der Waals surface area (Å²) in [7, 11) is 0. The van der Waals surface area contributed by atoms with Crippen molar-refractivity contribution in [3.05, 3.63) is 29.8 Å². The molecule has 0 saturated heterocycles. The molecule has 1 aromatic rings. The fourth-order valence-corrected chi connectivity index (χ4v) is 2.93. The van der Waals surface area contributed by atoms with Gasteiger partial charge in [-0.2, -0.15) is 8.78 Å². The topological polar surface area (TPSA) is 21.3 Å². The number of halogens is 2. The van der Waals surface area contributed by atoms with Gasteiger partial charge in [-0.15, -0.1) is 0 Å². The maximum atomic E-state index is 12.3. The van der Waals surface area contributed by atoms with Gasteiger partial charge >= 0.3 is 6.61 Å². The average Bonchev–Trinajstić information content (AvgIpc) is 2.46. The van der Waals surface area contributed by atoms with Crippen LogP contribution in [0.5, 0.6) is 5.75 Å². The van der Waals surface area contributed by atoms with Crippen LogP contribution in [0.2, 0.25) is 0 Å². The molecular formula is C16H23F2NO. The van der Waals surface area contributed by atoms with E-state index in [1.165, 1.54) is 32.1 Å². The van der Waals surface area contributed by atoms with E-state index < -0.39 is 6.61 Å². The molecule has 4 heteroatoms. The van der Waals surface area contributed by atoms with Gasteiger partial charge in [-0.1, -0.05) is 37.5 Å². The van der Waals surface area contributed by atoms with Gasteiger partial charge in [0.05, 0.1) is 0 Å². The van der Waals surface area contributed by atoms with E-state index in [4.69, 9.17) is 0 Å². The molecule has 0 amide bonds. The summed E-state index contributed by atoms with van der Waals surface area (Å²) in [6, 6.07) is 7.40. The summed E-state index contributed by atoms with van der Waals surface area (Å²) in [5.41, 5.74) is 0.787. The zero-order valence-corrected chi connectivity index (χ0v) is 11.9. The molecule has 1 fully saturated rings. The van der Waals surface area contributed by atoms with Crippen LogP contribution in [0.3, 0.4) is 0 Å². The molecule has 1 saturated carbocycles. The quantitative estimate of drug-likeness (QED) is 0.838. The normalized spacial score (nSPS) is 18.2. The molecule has 0 heterocycles. The standard InChI is InChI=1S/C16H23F2NO/c1-12(13-7-3-2-4-8-13)19-11-14-9-5-6-10-15(14)20-16(17)18/h5-6,9-10,12-13,16,19H,2-4,7-8,11H2,1H3/t12-/m1/s1. The van der Waals surface area contributed by atoms with Gasteiger partial charge in [-0.3, -0.25) is 0 Å². The highest BCUT2D eigenvalue weighted by molar-refractivity contribution is 5.33. The highest BCUT2D eigenvalue weighted by atomic mass is 19.3. The molecule has 112 valence electrons. The largest absolute Gasteiger partial charge is 0.434 e. The number of para-hydroxylation sites is 1. The third kappa shape index (κ3) is 4.44. The first kappa shape index (κ1) is 15.2. The highest BCUT2D eigenvalue weighted by Gasteiger charge is 2.20. The van der Waals surface area contributed by atoms with E-state index in [0.29, 0.717) is 18.5 Å². The van der Waals surface area contributed by atoms with Crippen molar-refractivity contribution >= 4 is 0 Å². The van der Waals surface area contributed by atoms with Crippen LogP contribution in [-0.4, -0.2) is 12.7 Å². The third-order valence-electron chi connectivity index (χ3n) is 4.16. The molecule has 0 aliphatic heterocycles. The van der Waals surface area contributed by atoms with Crippen molar-refractivity contribution in [2.45, 2.75) is 58.2 Å². The molecule has 0 spiro atoms. The third-order valence-corrected chi connectivity index (χ3v) is 4.16. The Morgan fingerprint density at radius 3 is 2.60 bits per heavy atom. The van der Waals surface area contributed by atoms with Gasteiger partial charge in [-0.25, -0.2) is 0 Å². The SMILES string of the molecule is C[C@@H](NCc1ccccc1OC(F)F)C1CCCCC1. The Morgan fingerprint density at radius 1 is 1.20 bits per heavy atom. The van der Waals surface area contributed by atoms with Crippen molar-refractivity contribution in [1.82, 2.24) is 5.32 Å². The minimum atomic E-state index is -2.77. The van der Waals surface area contributed by atoms with E-state index in [-0.39, 0.29) is 5.75 Å². The maximum Gasteiger partial charge on any atom is 0.387 e. The average molecular weight is 283 g/mol. The van der Waals surface area contributed by atoms with E-state index in [0.717, 1.165) is 5.56 Å². The molecule has 20 heavy (non-hydrogen) atoms. The number of nitrogens with one attached hydrogen (secondary N) is 1. The monoisotopic (exact) mass is 283 g/mol. The number of benzene rings is 1. The van der Waals surface area contributed by atoms with Crippen LogP contribution in [-0.2, 0) is 6.54 Å². The van der Waals surface area contributed by atoms with E-state index in [2.05, 4.69) is 17.0 Å². The van der Waals surface area contributed by atoms with E-state index in [9.17, 15) is 8.78 Å². The van der Waals surface area contributed by atoms with Gasteiger partial charge < -0.3 is 10.1 Å². The van der Waals surface area contributed by atoms with Gasteiger partial charge in [0.1, 0.15) is 5.75 Å². The summed E-state index contributed by atoms with van der Waals surface area (Å²) in [6.07, 6.45) is 6.49. The molecule has 1 aliphatic rings. The van der Waals surface area contributed by atoms with Gasteiger partial charge in [0.25, 0.3) is 0 Å². The van der Waals surface area contributed by atoms with Crippen LogP contribution in [0.4, 0.5) is 8.78 Å². The zero-order chi connectivity index (χ0) is 14.4. The summed E-state index contributed by atoms with van der Waals surface area (Å²) in [4.78, 5) is 0. The Kier molecular flexibility index (Phi) is 5.77. The van der Waals surface area contributed by atoms with Gasteiger partial charge in [0.2, 0.25) is 0 Å². The predicted molar refractivity (Wildman–Crippen MR) is 76.0 cm³/mol. The van der Waals surface area contributed by atoms with Crippen molar-refractivity contribution in [2.24, 2.45) is 5.92 Å². The summed E-state index contributed by atoms with van der Waals surface area (Å²) in [6.45, 7) is -0.0143. The van der Waals surface area contributed by atoms with Crippen LogP contribution in [0.25, 0.3) is 0 Å². The molecule has 0 aromatic heterocycles. The molecule has 1 atom stereocenters. The van der Waals surface area contributed by atoms with Crippen LogP contribution < -0.4 is 10.1 Å². The van der Waals surface area contributed by atoms with Crippen LogP contribution in [0.15, 0.2) is 24.3 Å². The maximum absolute atomic E-state index is 12.3. The molecule has 0 radical (unpaired) electrons. The second kappa shape index (κ2) is 7.58. The van der Waals surface area contributed by atoms with Crippen LogP contribution >= 0.6 is 0 Å². The van der Waals surface area contributed by atoms with Crippen LogP contribution in [0, 0.1) is 5.92 Å². The second-order valence-electron chi connectivity index (χ2n) is 5.55. The van der Waals surface area contributed by atoms with Crippen molar-refractivity contribution in [1.29, 1.82) is 0 Å². The summed E-state index contributed by atoms with van der Waals surface area (Å²) in [5, 5.41) is 3.46. The number of ether oxygens (including phenoxy) is 1. The number of rotatable bonds is 6. The minimum Gasteiger partial charge on any atom is -0.434 e. The smallest absolute Gasteiger partial charge is 0.387 e. The fourth-order valence-electron chi connectivity index (χ4n) is 2.93. The molecule has 1 N–H and O–H groups in total. The molecular weight excluding hydrogens is 260 g/mol. The number of hydrogen-bond donors (Lipinski definition) is 1. The second-order valence-corrected chi connectivity index (χ2v) is 5.55. The summed E-state index contributed by atoms with van der Waals surface area (Å²) in [5.74, 6) is 0.970. The highest BCUT2D eigenvalue weighted by Crippen LogP contribution is 2.27. The van der Waals surface area contributed by atoms with E-state index in [1.807, 2.05) is 12.1 Å². The lowest BCUT2D eigenvalue weighted by atomic mass is 9.84. The zero-order valence-electron chi connectivity index (χ0n) is 11.9. The first-order valence-corrected chi connectivity index (χ1v) is 7.43. The Balaban J connectivity index is 1.89. The van der Waals surface area contributed by atoms with Gasteiger partial charge in [0.15, 0.2) is 0 Å². The Hall–Kier alpha value is -1.16. The molecule has 2 nitrogen and oxygen atoms in total. The lowest BCUT2D eigenvalue weighted by molar-refractivity contribution is -0.0505. The Morgan fingerprint density at radius 2 is 1.90 bits per heavy atom. The lowest BCUT2D eigenvalue weighted by Gasteiger charge is -2.28. The minimum absolute atomic E-state index is 0.269. The molecule has 1 aromatic carbocycles. The lowest BCUT2D eigenvalue weighted by Crippen LogP contribution is -2.34. The first-order valence-electron chi connectivity index (χ1n) is 7.43. The van der Waals surface area contributed by atoms with E-state index in [1.54, 1.807) is 12.1 Å². The van der Waals surface area contributed by atoms with Crippen LogP contribution in [0.1, 0.15) is 44.6 Å². The van der Waals surface area contributed by atoms with Gasteiger partial charge in [0, 0.05) is 18.2 Å². The summed E-state index contributed by atoms with van der Waals surface area (Å²) >= 11 is 0. The molecule has 2 rings (SSSR count). The van der Waals surface area contributed by atoms with Crippen molar-refractivity contribution in [2.75, 3.05) is 0 Å². The van der Waals surface area contributed by atoms with Crippen molar-refractivity contribution in [3.63, 3.8) is 0 Å². The molecule has 1 aliphatic carbocycles. The fraction of sp³-hybridized carbons (Fsp3) is 0.625. The van der Waals surface area contributed by atoms with Crippen molar-refractivity contribution in [3.8, 4) is 5.75 Å². The summed E-state index contributed by atoms with van der Waals surface area (Å²) < 4.78 is 29.2.